The van der Waals surface area contributed by atoms with Crippen LogP contribution in [0.5, 0.6) is 0 Å². The molecule has 10 rings (SSSR count). The predicted octanol–water partition coefficient (Wildman–Crippen LogP) is 16.7. The summed E-state index contributed by atoms with van der Waals surface area (Å²) in [6.45, 7) is 0. The van der Waals surface area contributed by atoms with Crippen molar-refractivity contribution in [2.24, 2.45) is 0 Å². The summed E-state index contributed by atoms with van der Waals surface area (Å²) in [6.07, 6.45) is 24.3. The Hall–Kier alpha value is -6.06. The van der Waals surface area contributed by atoms with Crippen molar-refractivity contribution < 1.29 is 0 Å². The summed E-state index contributed by atoms with van der Waals surface area (Å²) in [5, 5.41) is 0. The van der Waals surface area contributed by atoms with Crippen molar-refractivity contribution in [2.75, 3.05) is 0 Å². The number of hydrogen-bond donors (Lipinski definition) is 0. The Morgan fingerprint density at radius 1 is 0.500 bits per heavy atom. The highest BCUT2D eigenvalue weighted by molar-refractivity contribution is 8.12. The molecule has 6 aromatic rings. The maximum absolute atomic E-state index is 2.42. The molecule has 0 saturated carbocycles. The van der Waals surface area contributed by atoms with E-state index in [9.17, 15) is 0 Å². The molecule has 3 aliphatic carbocycles. The van der Waals surface area contributed by atoms with E-state index in [0.717, 1.165) is 44.9 Å². The lowest BCUT2D eigenvalue weighted by Crippen LogP contribution is -2.01. The summed E-state index contributed by atoms with van der Waals surface area (Å²) in [5.41, 5.74) is 19.3. The highest BCUT2D eigenvalue weighted by atomic mass is 32.2. The van der Waals surface area contributed by atoms with Crippen molar-refractivity contribution in [3.8, 4) is 21.6 Å². The van der Waals surface area contributed by atoms with Crippen LogP contribution < -0.4 is 0 Å². The first kappa shape index (κ1) is 38.2. The van der Waals surface area contributed by atoms with Gasteiger partial charge in [0.25, 0.3) is 0 Å². The molecule has 4 aliphatic rings. The number of hydrogen-bond acceptors (Lipinski definition) is 2. The Bertz CT molecular complexity index is 2790. The van der Waals surface area contributed by atoms with E-state index < -0.39 is 0 Å². The lowest BCUT2D eigenvalue weighted by atomic mass is 9.83. The van der Waals surface area contributed by atoms with Crippen molar-refractivity contribution in [1.29, 1.82) is 0 Å². The summed E-state index contributed by atoms with van der Waals surface area (Å²) in [5.74, 6) is 0. The van der Waals surface area contributed by atoms with Crippen LogP contribution >= 0.6 is 23.1 Å². The van der Waals surface area contributed by atoms with E-state index in [1.54, 1.807) is 0 Å². The van der Waals surface area contributed by atoms with Gasteiger partial charge in [0.15, 0.2) is 0 Å². The summed E-state index contributed by atoms with van der Waals surface area (Å²) in [7, 11) is 0. The SMILES string of the molecule is C(=CC1=C2SC(c3ccccc3)=CC(c3ccccc3)=C2CC1)C=C1CCCC(C=CC=C2CCc3c(-c4ccccc4)c[c+](-c4ccccc4)sc32)=C1c1ccccc1. The van der Waals surface area contributed by atoms with Gasteiger partial charge in [0.05, 0.1) is 10.4 Å². The van der Waals surface area contributed by atoms with E-state index in [1.165, 1.54) is 97.5 Å². The zero-order valence-corrected chi connectivity index (χ0v) is 35.5. The zero-order valence-electron chi connectivity index (χ0n) is 33.8. The predicted molar refractivity (Wildman–Crippen MR) is 261 cm³/mol. The molecule has 0 unspecified atom stereocenters. The molecule has 5 aromatic carbocycles. The quantitative estimate of drug-likeness (QED) is 0.131. The van der Waals surface area contributed by atoms with E-state index in [1.807, 2.05) is 23.1 Å². The topological polar surface area (TPSA) is 0 Å². The maximum Gasteiger partial charge on any atom is 0.114 e. The second-order valence-electron chi connectivity index (χ2n) is 15.9. The molecule has 0 nitrogen and oxygen atoms in total. The molecule has 1 aromatic heterocycles. The molecular formula is C58H47S2+. The van der Waals surface area contributed by atoms with Crippen molar-refractivity contribution in [1.82, 2.24) is 0 Å². The monoisotopic (exact) mass is 807 g/mol. The number of fused-ring (bicyclic) bond motifs is 2. The van der Waals surface area contributed by atoms with Gasteiger partial charge in [-0.15, -0.1) is 0 Å². The number of thioether (sulfide) groups is 1. The molecule has 2 heterocycles. The molecule has 2 heteroatoms. The molecule has 0 amide bonds. The normalized spacial score (nSPS) is 18.0. The van der Waals surface area contributed by atoms with Crippen LogP contribution in [0.25, 0.3) is 43.2 Å². The average Bonchev–Trinajstić information content (AvgIpc) is 3.93. The summed E-state index contributed by atoms with van der Waals surface area (Å²) in [4.78, 5) is 5.51. The first-order valence-corrected chi connectivity index (χ1v) is 23.0. The minimum Gasteiger partial charge on any atom is -0.0888 e. The molecule has 0 atom stereocenters. The first-order valence-electron chi connectivity index (χ1n) is 21.4. The van der Waals surface area contributed by atoms with Crippen LogP contribution in [0.15, 0.2) is 227 Å². The van der Waals surface area contributed by atoms with Gasteiger partial charge < -0.3 is 0 Å². The van der Waals surface area contributed by atoms with Crippen molar-refractivity contribution in [3.63, 3.8) is 0 Å². The summed E-state index contributed by atoms with van der Waals surface area (Å²) in [6, 6.07) is 57.1. The molecule has 290 valence electrons. The van der Waals surface area contributed by atoms with Gasteiger partial charge in [-0.05, 0) is 138 Å². The third kappa shape index (κ3) is 7.98. The van der Waals surface area contributed by atoms with E-state index in [-0.39, 0.29) is 0 Å². The lowest BCUT2D eigenvalue weighted by molar-refractivity contribution is 0.805. The summed E-state index contributed by atoms with van der Waals surface area (Å²) >= 11 is 3.90. The molecule has 1 aliphatic heterocycles. The van der Waals surface area contributed by atoms with E-state index in [4.69, 9.17) is 0 Å². The van der Waals surface area contributed by atoms with Crippen LogP contribution in [0.2, 0.25) is 0 Å². The Morgan fingerprint density at radius 3 is 1.80 bits per heavy atom. The van der Waals surface area contributed by atoms with Crippen molar-refractivity contribution >= 4 is 44.7 Å². The second-order valence-corrected chi connectivity index (χ2v) is 18.0. The smallest absolute Gasteiger partial charge is 0.0888 e. The highest BCUT2D eigenvalue weighted by Gasteiger charge is 2.29. The standard InChI is InChI=1S/C58H47S2/c1-6-19-41(20-7-1)52-39-54(43-23-10-3-11-24-43)59-57-48(35-37-50(52)57)33-17-31-46-29-16-30-47(56(46)45-27-14-5-15-28-45)32-18-34-49-36-38-51-53(42-21-8-2-9-22-42)40-55(60-58(49)51)44-25-12-4-13-26-44/h1-15,17-28,31-34,39-40H,16,29-30,35-38H2/q+1. The Kier molecular flexibility index (Phi) is 11.2. The minimum absolute atomic E-state index is 1.07. The van der Waals surface area contributed by atoms with E-state index >= 15 is 0 Å². The van der Waals surface area contributed by atoms with Gasteiger partial charge in [0.1, 0.15) is 4.88 Å². The van der Waals surface area contributed by atoms with Gasteiger partial charge in [-0.25, -0.2) is 0 Å². The number of allylic oxidation sites excluding steroid dienone is 14. The third-order valence-corrected chi connectivity index (χ3v) is 14.7. The van der Waals surface area contributed by atoms with Crippen LogP contribution in [0.1, 0.15) is 65.7 Å². The van der Waals surface area contributed by atoms with Gasteiger partial charge in [-0.1, -0.05) is 163 Å². The number of benzene rings is 5. The van der Waals surface area contributed by atoms with Crippen molar-refractivity contribution in [3.05, 3.63) is 255 Å². The van der Waals surface area contributed by atoms with E-state index in [0.29, 0.717) is 0 Å². The zero-order chi connectivity index (χ0) is 40.1. The fourth-order valence-electron chi connectivity index (χ4n) is 9.20. The molecule has 0 fully saturated rings. The molecule has 0 radical (unpaired) electrons. The van der Waals surface area contributed by atoms with Gasteiger partial charge in [0, 0.05) is 50.3 Å². The Morgan fingerprint density at radius 2 is 1.10 bits per heavy atom. The van der Waals surface area contributed by atoms with Crippen LogP contribution in [-0.2, 0) is 6.42 Å². The van der Waals surface area contributed by atoms with Crippen LogP contribution in [0.3, 0.4) is 0 Å². The fraction of sp³-hybridized carbons (Fsp3) is 0.121. The minimum atomic E-state index is 1.07. The molecule has 0 saturated heterocycles. The fourth-order valence-corrected chi connectivity index (χ4v) is 11.8. The second kappa shape index (κ2) is 17.7. The van der Waals surface area contributed by atoms with Gasteiger partial charge in [0.2, 0.25) is 0 Å². The number of rotatable bonds is 9. The first-order chi connectivity index (χ1) is 29.8. The van der Waals surface area contributed by atoms with Gasteiger partial charge in [-0.3, -0.25) is 0 Å². The molecular weight excluding hydrogens is 761 g/mol. The van der Waals surface area contributed by atoms with Crippen LogP contribution in [0.4, 0.5) is 0 Å². The van der Waals surface area contributed by atoms with Crippen molar-refractivity contribution in [2.45, 2.75) is 44.9 Å². The third-order valence-electron chi connectivity index (χ3n) is 12.1. The molecule has 0 spiro atoms. The maximum atomic E-state index is 2.42. The van der Waals surface area contributed by atoms with E-state index in [2.05, 4.69) is 200 Å². The Balaban J connectivity index is 0.987. The van der Waals surface area contributed by atoms with Gasteiger partial charge in [-0.2, -0.15) is 0 Å². The highest BCUT2D eigenvalue weighted by Crippen LogP contribution is 2.53. The lowest BCUT2D eigenvalue weighted by Gasteiger charge is -2.22. The molecule has 60 heavy (non-hydrogen) atoms. The average molecular weight is 808 g/mol. The van der Waals surface area contributed by atoms with Gasteiger partial charge >= 0.3 is 0 Å². The largest absolute Gasteiger partial charge is 0.114 e. The van der Waals surface area contributed by atoms with Crippen LogP contribution in [0, 0.1) is 0 Å². The summed E-state index contributed by atoms with van der Waals surface area (Å²) < 4.78 is 0. The van der Waals surface area contributed by atoms with Crippen LogP contribution in [-0.4, -0.2) is 0 Å². The Labute approximate surface area is 363 Å². The molecule has 0 N–H and O–H groups in total. The molecule has 0 bridgehead atoms.